The van der Waals surface area contributed by atoms with Crippen LogP contribution in [0.3, 0.4) is 0 Å². The smallest absolute Gasteiger partial charge is 0.410 e. The Balaban J connectivity index is 2.71. The number of carbonyl (C=O) groups is 1. The van der Waals surface area contributed by atoms with Gasteiger partial charge < -0.3 is 19.9 Å². The molecule has 1 heterocycles. The van der Waals surface area contributed by atoms with E-state index in [1.54, 1.807) is 20.9 Å². The van der Waals surface area contributed by atoms with E-state index >= 15 is 0 Å². The molecular formula is C17H34N4O4S. The first-order chi connectivity index (χ1) is 11.8. The van der Waals surface area contributed by atoms with Gasteiger partial charge in [-0.25, -0.2) is 13.2 Å². The second-order valence-corrected chi connectivity index (χ2v) is 10.9. The summed E-state index contributed by atoms with van der Waals surface area (Å²) in [5.74, 6) is 0.787. The van der Waals surface area contributed by atoms with Crippen LogP contribution < -0.4 is 5.32 Å². The Morgan fingerprint density at radius 3 is 2.46 bits per heavy atom. The summed E-state index contributed by atoms with van der Waals surface area (Å²) < 4.78 is 28.9. The van der Waals surface area contributed by atoms with Crippen molar-refractivity contribution < 1.29 is 17.9 Å². The highest BCUT2D eigenvalue weighted by Gasteiger charge is 2.40. The maximum atomic E-state index is 12.2. The number of carbonyl (C=O) groups excluding carboxylic acids is 1. The van der Waals surface area contributed by atoms with Crippen LogP contribution in [0.25, 0.3) is 0 Å². The molecule has 8 nitrogen and oxygen atoms in total. The number of nitrogens with one attached hydrogen (secondary N) is 1. The fourth-order valence-electron chi connectivity index (χ4n) is 2.49. The molecule has 1 amide bonds. The van der Waals surface area contributed by atoms with Crippen molar-refractivity contribution in [1.82, 2.24) is 15.1 Å². The van der Waals surface area contributed by atoms with Crippen molar-refractivity contribution in [2.24, 2.45) is 4.99 Å². The van der Waals surface area contributed by atoms with E-state index in [1.165, 1.54) is 4.90 Å². The van der Waals surface area contributed by atoms with Crippen LogP contribution in [0, 0.1) is 0 Å². The second-order valence-electron chi connectivity index (χ2n) is 8.14. The van der Waals surface area contributed by atoms with Gasteiger partial charge in [-0.2, -0.15) is 0 Å². The summed E-state index contributed by atoms with van der Waals surface area (Å²) in [6.45, 7) is 13.2. The maximum Gasteiger partial charge on any atom is 0.410 e. The SMILES string of the molecule is CCNC(=NCCN(C)C(=O)OC(C)(C)C)N1CCS(=O)(=O)C(C)(C)C1. The van der Waals surface area contributed by atoms with Gasteiger partial charge in [-0.3, -0.25) is 4.99 Å². The Hall–Kier alpha value is -1.51. The van der Waals surface area contributed by atoms with E-state index in [-0.39, 0.29) is 11.8 Å². The van der Waals surface area contributed by atoms with Gasteiger partial charge in [-0.15, -0.1) is 0 Å². The lowest BCUT2D eigenvalue weighted by Gasteiger charge is -2.39. The van der Waals surface area contributed by atoms with Crippen molar-refractivity contribution in [2.75, 3.05) is 45.5 Å². The molecule has 0 unspecified atom stereocenters. The van der Waals surface area contributed by atoms with Crippen LogP contribution in [-0.2, 0) is 14.6 Å². The number of ether oxygens (including phenoxy) is 1. The lowest BCUT2D eigenvalue weighted by Crippen LogP contribution is -2.57. The molecule has 1 N–H and O–H groups in total. The Morgan fingerprint density at radius 1 is 1.35 bits per heavy atom. The summed E-state index contributed by atoms with van der Waals surface area (Å²) in [5, 5.41) is 3.21. The third kappa shape index (κ3) is 6.34. The molecule has 0 aromatic rings. The van der Waals surface area contributed by atoms with Crippen molar-refractivity contribution >= 4 is 21.9 Å². The van der Waals surface area contributed by atoms with E-state index in [4.69, 9.17) is 4.74 Å². The predicted octanol–water partition coefficient (Wildman–Crippen LogP) is 1.33. The fourth-order valence-corrected chi connectivity index (χ4v) is 3.85. The Bertz CT molecular complexity index is 623. The molecule has 0 aromatic carbocycles. The zero-order valence-electron chi connectivity index (χ0n) is 17.1. The number of rotatable bonds is 4. The van der Waals surface area contributed by atoms with Gasteiger partial charge in [-0.05, 0) is 41.5 Å². The van der Waals surface area contributed by atoms with Crippen LogP contribution >= 0.6 is 0 Å². The Kier molecular flexibility index (Phi) is 7.33. The average Bonchev–Trinajstić information content (AvgIpc) is 2.47. The van der Waals surface area contributed by atoms with Gasteiger partial charge in [0, 0.05) is 33.2 Å². The molecule has 1 rings (SSSR count). The van der Waals surface area contributed by atoms with E-state index in [2.05, 4.69) is 10.3 Å². The number of hydrogen-bond donors (Lipinski definition) is 1. The quantitative estimate of drug-likeness (QED) is 0.575. The molecule has 0 bridgehead atoms. The van der Waals surface area contributed by atoms with Crippen molar-refractivity contribution in [3.05, 3.63) is 0 Å². The molecule has 0 saturated carbocycles. The van der Waals surface area contributed by atoms with Gasteiger partial charge in [-0.1, -0.05) is 0 Å². The minimum Gasteiger partial charge on any atom is -0.444 e. The molecule has 0 aromatic heterocycles. The van der Waals surface area contributed by atoms with E-state index < -0.39 is 20.2 Å². The molecule has 26 heavy (non-hydrogen) atoms. The lowest BCUT2D eigenvalue weighted by molar-refractivity contribution is 0.0304. The number of nitrogens with zero attached hydrogens (tertiary/aromatic N) is 3. The highest BCUT2D eigenvalue weighted by molar-refractivity contribution is 7.92. The zero-order chi connectivity index (χ0) is 20.2. The van der Waals surface area contributed by atoms with Gasteiger partial charge in [0.25, 0.3) is 0 Å². The molecule has 1 fully saturated rings. The third-order valence-electron chi connectivity index (χ3n) is 4.08. The van der Waals surface area contributed by atoms with Gasteiger partial charge in [0.2, 0.25) is 0 Å². The van der Waals surface area contributed by atoms with Crippen LogP contribution in [0.2, 0.25) is 0 Å². The maximum absolute atomic E-state index is 12.2. The predicted molar refractivity (Wildman–Crippen MR) is 104 cm³/mol. The molecule has 0 atom stereocenters. The number of likely N-dealkylation sites (N-methyl/N-ethyl adjacent to an activating group) is 1. The van der Waals surface area contributed by atoms with Crippen molar-refractivity contribution in [2.45, 2.75) is 51.9 Å². The van der Waals surface area contributed by atoms with E-state index in [0.29, 0.717) is 38.7 Å². The first-order valence-electron chi connectivity index (χ1n) is 8.99. The van der Waals surface area contributed by atoms with Crippen LogP contribution in [0.1, 0.15) is 41.5 Å². The number of guanidine groups is 1. The molecule has 9 heteroatoms. The summed E-state index contributed by atoms with van der Waals surface area (Å²) >= 11 is 0. The zero-order valence-corrected chi connectivity index (χ0v) is 17.9. The van der Waals surface area contributed by atoms with E-state index in [0.717, 1.165) is 0 Å². The Labute approximate surface area is 157 Å². The average molecular weight is 391 g/mol. The van der Waals surface area contributed by atoms with Gasteiger partial charge in [0.05, 0.1) is 17.0 Å². The largest absolute Gasteiger partial charge is 0.444 e. The summed E-state index contributed by atoms with van der Waals surface area (Å²) in [6.07, 6.45) is -0.386. The van der Waals surface area contributed by atoms with Crippen molar-refractivity contribution in [1.29, 1.82) is 0 Å². The number of amides is 1. The molecular weight excluding hydrogens is 356 g/mol. The van der Waals surface area contributed by atoms with Crippen LogP contribution in [0.15, 0.2) is 4.99 Å². The third-order valence-corrected chi connectivity index (χ3v) is 6.61. The summed E-state index contributed by atoms with van der Waals surface area (Å²) in [7, 11) is -1.43. The highest BCUT2D eigenvalue weighted by atomic mass is 32.2. The highest BCUT2D eigenvalue weighted by Crippen LogP contribution is 2.23. The minimum atomic E-state index is -3.10. The molecule has 1 aliphatic rings. The Morgan fingerprint density at radius 2 is 1.96 bits per heavy atom. The van der Waals surface area contributed by atoms with Crippen molar-refractivity contribution in [3.8, 4) is 0 Å². The van der Waals surface area contributed by atoms with Gasteiger partial charge >= 0.3 is 6.09 Å². The summed E-state index contributed by atoms with van der Waals surface area (Å²) in [4.78, 5) is 20.0. The normalized spacial score (nSPS) is 19.8. The first kappa shape index (κ1) is 22.5. The topological polar surface area (TPSA) is 91.3 Å². The van der Waals surface area contributed by atoms with Gasteiger partial charge in [0.15, 0.2) is 15.8 Å². The van der Waals surface area contributed by atoms with Crippen LogP contribution in [0.5, 0.6) is 0 Å². The van der Waals surface area contributed by atoms with Crippen molar-refractivity contribution in [3.63, 3.8) is 0 Å². The lowest BCUT2D eigenvalue weighted by atomic mass is 10.2. The van der Waals surface area contributed by atoms with Crippen LogP contribution in [0.4, 0.5) is 4.79 Å². The number of aliphatic imine (C=N–C) groups is 1. The van der Waals surface area contributed by atoms with E-state index in [1.807, 2.05) is 32.6 Å². The standard InChI is InChI=1S/C17H34N4O4S/c1-8-18-14(21-11-12-26(23,24)17(5,6)13-21)19-9-10-20(7)15(22)25-16(2,3)4/h8-13H2,1-7H3,(H,18,19). The summed E-state index contributed by atoms with van der Waals surface area (Å²) in [5.41, 5.74) is -0.533. The molecule has 1 saturated heterocycles. The number of sulfone groups is 1. The van der Waals surface area contributed by atoms with E-state index in [9.17, 15) is 13.2 Å². The minimum absolute atomic E-state index is 0.113. The molecule has 0 spiro atoms. The second kappa shape index (κ2) is 8.45. The molecule has 0 aliphatic carbocycles. The van der Waals surface area contributed by atoms with Crippen LogP contribution in [-0.4, -0.2) is 86.1 Å². The fraction of sp³-hybridized carbons (Fsp3) is 0.882. The summed E-state index contributed by atoms with van der Waals surface area (Å²) in [6, 6.07) is 0. The first-order valence-corrected chi connectivity index (χ1v) is 10.6. The van der Waals surface area contributed by atoms with Gasteiger partial charge in [0.1, 0.15) is 5.60 Å². The monoisotopic (exact) mass is 390 g/mol. The molecule has 152 valence electrons. The number of hydrogen-bond acceptors (Lipinski definition) is 5. The molecule has 0 radical (unpaired) electrons. The molecule has 1 aliphatic heterocycles.